The maximum absolute atomic E-state index is 13.9. The fourth-order valence-corrected chi connectivity index (χ4v) is 4.43. The third kappa shape index (κ3) is 2.49. The highest BCUT2D eigenvalue weighted by molar-refractivity contribution is 7.19. The number of likely N-dealkylation sites (tertiary alicyclic amines) is 1. The molecule has 1 aliphatic heterocycles. The zero-order valence-electron chi connectivity index (χ0n) is 14.7. The first-order valence-electron chi connectivity index (χ1n) is 8.29. The molecule has 5 N–H and O–H groups in total. The van der Waals surface area contributed by atoms with Gasteiger partial charge in [-0.25, -0.2) is 13.8 Å². The number of hydrogen-bond acceptors (Lipinski definition) is 6. The number of hydrogen-bond donors (Lipinski definition) is 3. The lowest BCUT2D eigenvalue weighted by molar-refractivity contribution is 0.00441. The van der Waals surface area contributed by atoms with Gasteiger partial charge in [0.15, 0.2) is 11.3 Å². The number of thiazole rings is 1. The minimum Gasteiger partial charge on any atom is -0.389 e. The SMILES string of the molecule is C=C1N(C)C2C(C1(O)C#Cc1cccc(-c3nc(C(N)=O)c(N)s3)c1)C2(F)F. The Hall–Kier alpha value is -2.96. The molecule has 9 heteroatoms. The number of benzene rings is 1. The third-order valence-corrected chi connectivity index (χ3v) is 6.08. The standard InChI is InChI=1S/C19H16F2N4O2S/c1-9-18(27,13-14(25(9)2)19(13,20)21)7-6-10-4-3-5-11(8-10)17-24-12(15(22)26)16(23)28-17/h3-5,8,13-14,27H,1,23H2,2H3,(H2,22,26). The number of likely N-dealkylation sites (N-methyl/N-ethyl adjacent to an activating group) is 1. The monoisotopic (exact) mass is 402 g/mol. The zero-order valence-corrected chi connectivity index (χ0v) is 15.6. The van der Waals surface area contributed by atoms with Crippen LogP contribution in [-0.2, 0) is 0 Å². The van der Waals surface area contributed by atoms with Gasteiger partial charge in [0.1, 0.15) is 16.1 Å². The molecule has 1 saturated carbocycles. The minimum absolute atomic E-state index is 0.00176. The van der Waals surface area contributed by atoms with Gasteiger partial charge in [-0.15, -0.1) is 0 Å². The first-order valence-corrected chi connectivity index (χ1v) is 9.11. The van der Waals surface area contributed by atoms with Crippen molar-refractivity contribution < 1.29 is 18.7 Å². The molecule has 1 aliphatic carbocycles. The molecule has 6 nitrogen and oxygen atoms in total. The fraction of sp³-hybridized carbons (Fsp3) is 0.263. The topological polar surface area (TPSA) is 105 Å². The lowest BCUT2D eigenvalue weighted by Crippen LogP contribution is -2.37. The number of fused-ring (bicyclic) bond motifs is 1. The van der Waals surface area contributed by atoms with E-state index < -0.39 is 29.4 Å². The van der Waals surface area contributed by atoms with E-state index >= 15 is 0 Å². The maximum atomic E-state index is 13.9. The smallest absolute Gasteiger partial charge is 0.277 e. The Morgan fingerprint density at radius 1 is 1.46 bits per heavy atom. The van der Waals surface area contributed by atoms with E-state index in [0.717, 1.165) is 11.3 Å². The third-order valence-electron chi connectivity index (χ3n) is 5.14. The second-order valence-corrected chi connectivity index (χ2v) is 7.88. The summed E-state index contributed by atoms with van der Waals surface area (Å²) in [4.78, 5) is 16.7. The van der Waals surface area contributed by atoms with Crippen molar-refractivity contribution in [2.45, 2.75) is 17.6 Å². The van der Waals surface area contributed by atoms with Gasteiger partial charge >= 0.3 is 0 Å². The van der Waals surface area contributed by atoms with Gasteiger partial charge in [-0.1, -0.05) is 41.9 Å². The predicted molar refractivity (Wildman–Crippen MR) is 101 cm³/mol. The van der Waals surface area contributed by atoms with Gasteiger partial charge in [-0.2, -0.15) is 0 Å². The normalized spacial score (nSPS) is 27.1. The number of aliphatic hydroxyl groups is 1. The molecule has 28 heavy (non-hydrogen) atoms. The highest BCUT2D eigenvalue weighted by atomic mass is 32.1. The molecular weight excluding hydrogens is 386 g/mol. The van der Waals surface area contributed by atoms with Crippen LogP contribution in [-0.4, -0.2) is 45.5 Å². The molecule has 1 amide bonds. The summed E-state index contributed by atoms with van der Waals surface area (Å²) in [5, 5.41) is 11.4. The molecule has 1 saturated heterocycles. The van der Waals surface area contributed by atoms with Crippen LogP contribution in [0.5, 0.6) is 0 Å². The molecule has 2 aliphatic rings. The lowest BCUT2D eigenvalue weighted by atomic mass is 9.96. The average molecular weight is 402 g/mol. The number of nitrogens with two attached hydrogens (primary N) is 2. The minimum atomic E-state index is -3.00. The van der Waals surface area contributed by atoms with Crippen molar-refractivity contribution in [2.24, 2.45) is 11.7 Å². The van der Waals surface area contributed by atoms with E-state index in [2.05, 4.69) is 23.4 Å². The summed E-state index contributed by atoms with van der Waals surface area (Å²) in [5.74, 6) is 0.341. The van der Waals surface area contributed by atoms with Crippen LogP contribution in [0.4, 0.5) is 13.8 Å². The number of carbonyl (C=O) groups is 1. The van der Waals surface area contributed by atoms with Crippen molar-refractivity contribution in [3.63, 3.8) is 0 Å². The van der Waals surface area contributed by atoms with Crippen LogP contribution in [0.15, 0.2) is 36.5 Å². The van der Waals surface area contributed by atoms with E-state index in [4.69, 9.17) is 11.5 Å². The van der Waals surface area contributed by atoms with Gasteiger partial charge in [0.25, 0.3) is 11.8 Å². The molecule has 4 rings (SSSR count). The number of nitrogens with zero attached hydrogens (tertiary/aromatic N) is 2. The second kappa shape index (κ2) is 5.77. The molecular formula is C19H16F2N4O2S. The van der Waals surface area contributed by atoms with Crippen molar-refractivity contribution in [2.75, 3.05) is 12.8 Å². The van der Waals surface area contributed by atoms with Crippen LogP contribution in [0.3, 0.4) is 0 Å². The molecule has 2 aromatic rings. The van der Waals surface area contributed by atoms with Gasteiger partial charge in [0, 0.05) is 18.2 Å². The Morgan fingerprint density at radius 3 is 2.79 bits per heavy atom. The average Bonchev–Trinajstić information content (AvgIpc) is 2.92. The summed E-state index contributed by atoms with van der Waals surface area (Å²) in [6, 6.07) is 5.72. The van der Waals surface area contributed by atoms with Crippen LogP contribution >= 0.6 is 11.3 Å². The molecule has 0 bridgehead atoms. The van der Waals surface area contributed by atoms with Crippen LogP contribution in [0.2, 0.25) is 0 Å². The second-order valence-electron chi connectivity index (χ2n) is 6.85. The quantitative estimate of drug-likeness (QED) is 0.663. The predicted octanol–water partition coefficient (Wildman–Crippen LogP) is 1.67. The van der Waals surface area contributed by atoms with Crippen molar-refractivity contribution >= 4 is 22.2 Å². The van der Waals surface area contributed by atoms with E-state index in [1.807, 2.05) is 0 Å². The Balaban J connectivity index is 1.67. The van der Waals surface area contributed by atoms with Gasteiger partial charge in [0.05, 0.1) is 11.6 Å². The number of alkyl halides is 2. The number of amides is 1. The number of anilines is 1. The summed E-state index contributed by atoms with van der Waals surface area (Å²) in [6.45, 7) is 3.72. The number of aromatic nitrogens is 1. The summed E-state index contributed by atoms with van der Waals surface area (Å²) in [5.41, 5.74) is 10.3. The Morgan fingerprint density at radius 2 is 2.18 bits per heavy atom. The number of carbonyl (C=O) groups excluding carboxylic acids is 1. The molecule has 2 heterocycles. The van der Waals surface area contributed by atoms with Crippen molar-refractivity contribution in [3.8, 4) is 22.4 Å². The largest absolute Gasteiger partial charge is 0.389 e. The van der Waals surface area contributed by atoms with Crippen molar-refractivity contribution in [3.05, 3.63) is 47.8 Å². The number of halogens is 2. The Bertz CT molecular complexity index is 1090. The summed E-state index contributed by atoms with van der Waals surface area (Å²) in [7, 11) is 1.48. The van der Waals surface area contributed by atoms with E-state index in [1.165, 1.54) is 11.9 Å². The van der Waals surface area contributed by atoms with Crippen LogP contribution < -0.4 is 11.5 Å². The number of nitrogen functional groups attached to an aromatic ring is 1. The van der Waals surface area contributed by atoms with Gasteiger partial charge in [0.2, 0.25) is 0 Å². The number of piperidine rings is 1. The highest BCUT2D eigenvalue weighted by Crippen LogP contribution is 2.64. The van der Waals surface area contributed by atoms with Crippen molar-refractivity contribution in [1.29, 1.82) is 0 Å². The maximum Gasteiger partial charge on any atom is 0.277 e. The lowest BCUT2D eigenvalue weighted by Gasteiger charge is -2.26. The molecule has 1 aromatic carbocycles. The molecule has 144 valence electrons. The molecule has 3 atom stereocenters. The van der Waals surface area contributed by atoms with E-state index in [9.17, 15) is 18.7 Å². The van der Waals surface area contributed by atoms with E-state index in [0.29, 0.717) is 16.1 Å². The van der Waals surface area contributed by atoms with E-state index in [-0.39, 0.29) is 16.4 Å². The Kier molecular flexibility index (Phi) is 3.79. The summed E-state index contributed by atoms with van der Waals surface area (Å²) >= 11 is 1.10. The molecule has 2 fully saturated rings. The summed E-state index contributed by atoms with van der Waals surface area (Å²) < 4.78 is 27.8. The number of rotatable bonds is 2. The van der Waals surface area contributed by atoms with Crippen molar-refractivity contribution in [1.82, 2.24) is 9.88 Å². The molecule has 1 aromatic heterocycles. The van der Waals surface area contributed by atoms with Gasteiger partial charge < -0.3 is 21.5 Å². The van der Waals surface area contributed by atoms with E-state index in [1.54, 1.807) is 24.3 Å². The fourth-order valence-electron chi connectivity index (χ4n) is 3.60. The Labute approximate surface area is 163 Å². The molecule has 0 radical (unpaired) electrons. The first-order chi connectivity index (χ1) is 13.1. The number of primary amides is 1. The van der Waals surface area contributed by atoms with Gasteiger partial charge in [-0.05, 0) is 12.1 Å². The van der Waals surface area contributed by atoms with Crippen LogP contribution in [0.1, 0.15) is 16.1 Å². The zero-order chi connectivity index (χ0) is 20.4. The highest BCUT2D eigenvalue weighted by Gasteiger charge is 2.82. The van der Waals surface area contributed by atoms with Crippen LogP contribution in [0, 0.1) is 17.8 Å². The van der Waals surface area contributed by atoms with Crippen LogP contribution in [0.25, 0.3) is 10.6 Å². The first kappa shape index (κ1) is 18.4. The summed E-state index contributed by atoms with van der Waals surface area (Å²) in [6.07, 6.45) is 0. The molecule has 3 unspecified atom stereocenters. The van der Waals surface area contributed by atoms with Gasteiger partial charge in [-0.3, -0.25) is 4.79 Å². The molecule has 0 spiro atoms.